The van der Waals surface area contributed by atoms with Gasteiger partial charge in [-0.05, 0) is 43.5 Å². The van der Waals surface area contributed by atoms with Gasteiger partial charge in [-0.3, -0.25) is 9.59 Å². The Bertz CT molecular complexity index is 817. The van der Waals surface area contributed by atoms with Crippen molar-refractivity contribution in [1.82, 2.24) is 9.88 Å². The van der Waals surface area contributed by atoms with Crippen molar-refractivity contribution in [3.63, 3.8) is 0 Å². The Balaban J connectivity index is 1.62. The van der Waals surface area contributed by atoms with Crippen molar-refractivity contribution in [2.45, 2.75) is 50.0 Å². The number of amides is 2. The fraction of sp³-hybridized carbons (Fsp3) is 0.409. The molecular formula is C22H27N3O2S. The summed E-state index contributed by atoms with van der Waals surface area (Å²) in [6.45, 7) is 1.95. The first kappa shape index (κ1) is 20.4. The van der Waals surface area contributed by atoms with Gasteiger partial charge in [-0.1, -0.05) is 37.5 Å². The van der Waals surface area contributed by atoms with E-state index in [1.165, 1.54) is 31.0 Å². The number of thioether (sulfide) groups is 1. The van der Waals surface area contributed by atoms with Crippen LogP contribution in [0.5, 0.6) is 0 Å². The zero-order valence-electron chi connectivity index (χ0n) is 16.5. The second kappa shape index (κ2) is 9.73. The summed E-state index contributed by atoms with van der Waals surface area (Å²) in [4.78, 5) is 32.2. The van der Waals surface area contributed by atoms with Crippen LogP contribution in [0, 0.1) is 6.92 Å². The van der Waals surface area contributed by atoms with E-state index in [0.29, 0.717) is 23.2 Å². The third-order valence-corrected chi connectivity index (χ3v) is 6.21. The van der Waals surface area contributed by atoms with Gasteiger partial charge in [-0.25, -0.2) is 4.98 Å². The van der Waals surface area contributed by atoms with Crippen LogP contribution in [-0.2, 0) is 4.79 Å². The Morgan fingerprint density at radius 3 is 2.61 bits per heavy atom. The lowest BCUT2D eigenvalue weighted by Gasteiger charge is -2.31. The first-order chi connectivity index (χ1) is 13.5. The molecule has 1 aromatic carbocycles. The molecule has 2 aromatic rings. The van der Waals surface area contributed by atoms with E-state index in [1.54, 1.807) is 18.3 Å². The smallest absolute Gasteiger partial charge is 0.257 e. The van der Waals surface area contributed by atoms with Crippen LogP contribution in [0.1, 0.15) is 48.0 Å². The maximum atomic E-state index is 12.7. The van der Waals surface area contributed by atoms with Crippen molar-refractivity contribution in [2.24, 2.45) is 0 Å². The average Bonchev–Trinajstić information content (AvgIpc) is 2.74. The first-order valence-electron chi connectivity index (χ1n) is 9.76. The van der Waals surface area contributed by atoms with Crippen LogP contribution in [0.2, 0.25) is 0 Å². The molecule has 6 heteroatoms. The fourth-order valence-electron chi connectivity index (χ4n) is 3.42. The predicted octanol–water partition coefficient (Wildman–Crippen LogP) is 4.53. The zero-order valence-corrected chi connectivity index (χ0v) is 17.3. The van der Waals surface area contributed by atoms with E-state index >= 15 is 0 Å². The highest BCUT2D eigenvalue weighted by molar-refractivity contribution is 8.00. The van der Waals surface area contributed by atoms with Crippen molar-refractivity contribution in [3.05, 3.63) is 53.7 Å². The minimum atomic E-state index is -0.215. The molecule has 0 unspecified atom stereocenters. The Kier molecular flexibility index (Phi) is 7.09. The van der Waals surface area contributed by atoms with Crippen LogP contribution in [-0.4, -0.2) is 40.5 Å². The third kappa shape index (κ3) is 5.35. The normalized spacial score (nSPS) is 14.5. The molecule has 0 spiro atoms. The molecule has 5 nitrogen and oxygen atoms in total. The molecule has 0 bridgehead atoms. The SMILES string of the molecule is Cc1ccc(NC(=O)c2ccccc2SCC(=O)N(C)C2CCCCC2)nc1. The van der Waals surface area contributed by atoms with E-state index < -0.39 is 0 Å². The Labute approximate surface area is 170 Å². The molecule has 0 radical (unpaired) electrons. The van der Waals surface area contributed by atoms with Gasteiger partial charge in [0.1, 0.15) is 5.82 Å². The molecule has 1 fully saturated rings. The van der Waals surface area contributed by atoms with E-state index in [1.807, 2.05) is 43.1 Å². The largest absolute Gasteiger partial charge is 0.342 e. The summed E-state index contributed by atoms with van der Waals surface area (Å²) in [6.07, 6.45) is 7.57. The first-order valence-corrected chi connectivity index (χ1v) is 10.7. The number of aromatic nitrogens is 1. The quantitative estimate of drug-likeness (QED) is 0.728. The summed E-state index contributed by atoms with van der Waals surface area (Å²) in [5.41, 5.74) is 1.59. The number of aryl methyl sites for hydroxylation is 1. The van der Waals surface area contributed by atoms with Crippen molar-refractivity contribution in [2.75, 3.05) is 18.1 Å². The summed E-state index contributed by atoms with van der Waals surface area (Å²) in [7, 11) is 1.90. The molecular weight excluding hydrogens is 370 g/mol. The number of carbonyl (C=O) groups excluding carboxylic acids is 2. The van der Waals surface area contributed by atoms with Crippen LogP contribution in [0.25, 0.3) is 0 Å². The molecule has 1 saturated carbocycles. The van der Waals surface area contributed by atoms with Crippen molar-refractivity contribution < 1.29 is 9.59 Å². The molecule has 0 aliphatic heterocycles. The maximum Gasteiger partial charge on any atom is 0.257 e. The molecule has 0 atom stereocenters. The minimum Gasteiger partial charge on any atom is -0.342 e. The van der Waals surface area contributed by atoms with E-state index in [-0.39, 0.29) is 11.8 Å². The van der Waals surface area contributed by atoms with E-state index in [9.17, 15) is 9.59 Å². The van der Waals surface area contributed by atoms with Crippen LogP contribution in [0.15, 0.2) is 47.5 Å². The zero-order chi connectivity index (χ0) is 19.9. The number of benzene rings is 1. The van der Waals surface area contributed by atoms with Crippen LogP contribution >= 0.6 is 11.8 Å². The number of hydrogen-bond acceptors (Lipinski definition) is 4. The molecule has 1 heterocycles. The molecule has 3 rings (SSSR count). The lowest BCUT2D eigenvalue weighted by atomic mass is 9.94. The number of rotatable bonds is 6. The summed E-state index contributed by atoms with van der Waals surface area (Å²) in [5.74, 6) is 0.753. The van der Waals surface area contributed by atoms with E-state index in [4.69, 9.17) is 0 Å². The molecule has 1 aliphatic carbocycles. The van der Waals surface area contributed by atoms with Gasteiger partial charge in [-0.2, -0.15) is 0 Å². The summed E-state index contributed by atoms with van der Waals surface area (Å²) >= 11 is 1.42. The van der Waals surface area contributed by atoms with E-state index in [0.717, 1.165) is 23.3 Å². The lowest BCUT2D eigenvalue weighted by Crippen LogP contribution is -2.39. The Hall–Kier alpha value is -2.34. The van der Waals surface area contributed by atoms with E-state index in [2.05, 4.69) is 10.3 Å². The lowest BCUT2D eigenvalue weighted by molar-refractivity contribution is -0.129. The monoisotopic (exact) mass is 397 g/mol. The molecule has 1 aliphatic rings. The molecule has 2 amide bonds. The molecule has 148 valence electrons. The van der Waals surface area contributed by atoms with Gasteiger partial charge in [0.05, 0.1) is 11.3 Å². The van der Waals surface area contributed by atoms with Gasteiger partial charge >= 0.3 is 0 Å². The predicted molar refractivity (Wildman–Crippen MR) is 114 cm³/mol. The number of anilines is 1. The molecule has 28 heavy (non-hydrogen) atoms. The summed E-state index contributed by atoms with van der Waals surface area (Å²) in [5, 5.41) is 2.83. The number of hydrogen-bond donors (Lipinski definition) is 1. The second-order valence-electron chi connectivity index (χ2n) is 7.26. The topological polar surface area (TPSA) is 62.3 Å². The number of nitrogens with one attached hydrogen (secondary N) is 1. The van der Waals surface area contributed by atoms with Crippen LogP contribution in [0.3, 0.4) is 0 Å². The summed E-state index contributed by atoms with van der Waals surface area (Å²) in [6, 6.07) is 11.4. The fourth-order valence-corrected chi connectivity index (χ4v) is 4.39. The van der Waals surface area contributed by atoms with Gasteiger partial charge < -0.3 is 10.2 Å². The molecule has 0 saturated heterocycles. The van der Waals surface area contributed by atoms with Gasteiger partial charge in [0.15, 0.2) is 0 Å². The Morgan fingerprint density at radius 2 is 1.89 bits per heavy atom. The highest BCUT2D eigenvalue weighted by Gasteiger charge is 2.22. The molecule has 1 N–H and O–H groups in total. The van der Waals surface area contributed by atoms with Crippen LogP contribution in [0.4, 0.5) is 5.82 Å². The standard InChI is InChI=1S/C22H27N3O2S/c1-16-12-13-20(23-14-16)24-22(27)18-10-6-7-11-19(18)28-15-21(26)25(2)17-8-4-3-5-9-17/h6-7,10-14,17H,3-5,8-9,15H2,1-2H3,(H,23,24,27). The highest BCUT2D eigenvalue weighted by Crippen LogP contribution is 2.26. The van der Waals surface area contributed by atoms with Gasteiger partial charge in [-0.15, -0.1) is 11.8 Å². The number of nitrogens with zero attached hydrogens (tertiary/aromatic N) is 2. The average molecular weight is 398 g/mol. The Morgan fingerprint density at radius 1 is 1.14 bits per heavy atom. The second-order valence-corrected chi connectivity index (χ2v) is 8.27. The van der Waals surface area contributed by atoms with Crippen LogP contribution < -0.4 is 5.32 Å². The maximum absolute atomic E-state index is 12.7. The van der Waals surface area contributed by atoms with Gasteiger partial charge in [0, 0.05) is 24.2 Å². The van der Waals surface area contributed by atoms with Crippen molar-refractivity contribution in [1.29, 1.82) is 0 Å². The number of pyridine rings is 1. The summed E-state index contributed by atoms with van der Waals surface area (Å²) < 4.78 is 0. The highest BCUT2D eigenvalue weighted by atomic mass is 32.2. The van der Waals surface area contributed by atoms with Gasteiger partial charge in [0.2, 0.25) is 5.91 Å². The third-order valence-electron chi connectivity index (χ3n) is 5.15. The minimum absolute atomic E-state index is 0.118. The van der Waals surface area contributed by atoms with Crippen molar-refractivity contribution in [3.8, 4) is 0 Å². The molecule has 1 aromatic heterocycles. The van der Waals surface area contributed by atoms with Crippen molar-refractivity contribution >= 4 is 29.4 Å². The van der Waals surface area contributed by atoms with Gasteiger partial charge in [0.25, 0.3) is 5.91 Å². The number of carbonyl (C=O) groups is 2.